The van der Waals surface area contributed by atoms with Crippen molar-refractivity contribution in [2.45, 2.75) is 25.7 Å². The number of nitrogens with one attached hydrogen (secondary N) is 1. The van der Waals surface area contributed by atoms with Crippen molar-refractivity contribution in [2.75, 3.05) is 50.8 Å². The molecule has 2 heterocycles. The normalized spacial score (nSPS) is 19.3. The van der Waals surface area contributed by atoms with Gasteiger partial charge < -0.3 is 15.0 Å². The van der Waals surface area contributed by atoms with Crippen molar-refractivity contribution in [3.8, 4) is 0 Å². The van der Waals surface area contributed by atoms with Crippen LogP contribution in [0.15, 0.2) is 27.5 Å². The van der Waals surface area contributed by atoms with Gasteiger partial charge in [-0.3, -0.25) is 9.69 Å². The molecule has 9 heteroatoms. The Hall–Kier alpha value is -1.97. The highest BCUT2D eigenvalue weighted by Crippen LogP contribution is 2.33. The number of amidine groups is 1. The van der Waals surface area contributed by atoms with Gasteiger partial charge >= 0.3 is 0 Å². The first kappa shape index (κ1) is 20.8. The van der Waals surface area contributed by atoms with Gasteiger partial charge in [-0.05, 0) is 31.0 Å². The van der Waals surface area contributed by atoms with Crippen molar-refractivity contribution in [2.24, 2.45) is 10.3 Å². The van der Waals surface area contributed by atoms with Gasteiger partial charge in [-0.1, -0.05) is 13.8 Å². The summed E-state index contributed by atoms with van der Waals surface area (Å²) in [5.41, 5.74) is 0.898. The van der Waals surface area contributed by atoms with E-state index in [0.29, 0.717) is 49.3 Å². The number of hydrogen-bond acceptors (Lipinski definition) is 6. The van der Waals surface area contributed by atoms with Gasteiger partial charge in [-0.2, -0.15) is 8.42 Å². The number of carbonyl (C=O) groups is 1. The first-order valence-electron chi connectivity index (χ1n) is 9.59. The molecule has 1 aromatic rings. The molecule has 3 rings (SSSR count). The number of anilines is 1. The molecule has 0 radical (unpaired) electrons. The van der Waals surface area contributed by atoms with Gasteiger partial charge in [-0.25, -0.2) is 0 Å². The van der Waals surface area contributed by atoms with Crippen molar-refractivity contribution in [1.29, 1.82) is 0 Å². The summed E-state index contributed by atoms with van der Waals surface area (Å²) in [7, 11) is -3.81. The van der Waals surface area contributed by atoms with Crippen LogP contribution < -0.4 is 10.2 Å². The minimum atomic E-state index is -3.81. The van der Waals surface area contributed by atoms with Crippen LogP contribution in [0, 0.1) is 5.92 Å². The van der Waals surface area contributed by atoms with E-state index in [-0.39, 0.29) is 10.8 Å². The molecule has 154 valence electrons. The molecule has 1 N–H and O–H groups in total. The Balaban J connectivity index is 1.74. The summed E-state index contributed by atoms with van der Waals surface area (Å²) in [6, 6.07) is 4.80. The topological polar surface area (TPSA) is 91.3 Å². The molecule has 1 fully saturated rings. The van der Waals surface area contributed by atoms with Crippen LogP contribution in [-0.2, 0) is 14.8 Å². The largest absolute Gasteiger partial charge is 0.379 e. The third-order valence-electron chi connectivity index (χ3n) is 4.80. The maximum absolute atomic E-state index is 12.5. The molecule has 8 nitrogen and oxygen atoms in total. The van der Waals surface area contributed by atoms with Gasteiger partial charge in [0.1, 0.15) is 10.7 Å². The lowest BCUT2D eigenvalue weighted by molar-refractivity contribution is 0.0383. The van der Waals surface area contributed by atoms with E-state index in [9.17, 15) is 13.2 Å². The second kappa shape index (κ2) is 8.59. The third-order valence-corrected chi connectivity index (χ3v) is 6.19. The van der Waals surface area contributed by atoms with Gasteiger partial charge in [0.25, 0.3) is 15.9 Å². The number of nitrogens with zero attached hydrogens (tertiary/aromatic N) is 3. The molecule has 0 saturated carbocycles. The molecule has 2 aliphatic heterocycles. The molecule has 1 saturated heterocycles. The quantitative estimate of drug-likeness (QED) is 0.764. The fourth-order valence-electron chi connectivity index (χ4n) is 3.38. The molecule has 0 unspecified atom stereocenters. The molecule has 1 amide bonds. The molecule has 0 spiro atoms. The highest BCUT2D eigenvalue weighted by atomic mass is 32.2. The maximum Gasteiger partial charge on any atom is 0.286 e. The van der Waals surface area contributed by atoms with Crippen LogP contribution in [-0.4, -0.2) is 71.0 Å². The van der Waals surface area contributed by atoms with E-state index in [1.165, 1.54) is 6.07 Å². The number of rotatable bonds is 6. The summed E-state index contributed by atoms with van der Waals surface area (Å²) in [6.07, 6.45) is 0. The lowest BCUT2D eigenvalue weighted by Crippen LogP contribution is -2.41. The van der Waals surface area contributed by atoms with Gasteiger partial charge in [0.15, 0.2) is 0 Å². The Morgan fingerprint density at radius 2 is 2.00 bits per heavy atom. The van der Waals surface area contributed by atoms with Crippen LogP contribution in [0.5, 0.6) is 0 Å². The van der Waals surface area contributed by atoms with Crippen LogP contribution >= 0.6 is 0 Å². The summed E-state index contributed by atoms with van der Waals surface area (Å²) in [6.45, 7) is 10.8. The second-order valence-corrected chi connectivity index (χ2v) is 9.08. The van der Waals surface area contributed by atoms with E-state index >= 15 is 0 Å². The Labute approximate surface area is 166 Å². The zero-order valence-corrected chi connectivity index (χ0v) is 17.5. The number of benzene rings is 1. The average molecular weight is 409 g/mol. The molecular formula is C19H28N4O4S. The Morgan fingerprint density at radius 3 is 2.68 bits per heavy atom. The van der Waals surface area contributed by atoms with E-state index in [0.717, 1.165) is 19.6 Å². The molecule has 0 aliphatic carbocycles. The number of ether oxygens (including phenoxy) is 1. The SMILES string of the molecule is CC1=NS(=O)(=O)c2cc(C(=O)NCCN3CCOCC3)ccc2N1CC(C)C. The molecule has 2 aliphatic rings. The standard InChI is InChI=1S/C19H28N4O4S/c1-14(2)13-23-15(3)21-28(25,26)18-12-16(4-5-17(18)23)19(24)20-6-7-22-8-10-27-11-9-22/h4-5,12,14H,6-11,13H2,1-3H3,(H,20,24). The molecule has 0 aromatic heterocycles. The fourth-order valence-corrected chi connectivity index (χ4v) is 4.64. The first-order valence-corrected chi connectivity index (χ1v) is 11.0. The Bertz CT molecular complexity index is 861. The number of carbonyl (C=O) groups excluding carboxylic acids is 1. The zero-order chi connectivity index (χ0) is 20.3. The Kier molecular flexibility index (Phi) is 6.36. The van der Waals surface area contributed by atoms with Gasteiger partial charge in [-0.15, -0.1) is 4.40 Å². The summed E-state index contributed by atoms with van der Waals surface area (Å²) < 4.78 is 34.3. The summed E-state index contributed by atoms with van der Waals surface area (Å²) in [4.78, 5) is 16.7. The van der Waals surface area contributed by atoms with E-state index in [1.807, 2.05) is 4.90 Å². The predicted molar refractivity (Wildman–Crippen MR) is 109 cm³/mol. The number of hydrogen-bond donors (Lipinski definition) is 1. The van der Waals surface area contributed by atoms with Crippen molar-refractivity contribution in [3.05, 3.63) is 23.8 Å². The van der Waals surface area contributed by atoms with E-state index in [2.05, 4.69) is 28.5 Å². The maximum atomic E-state index is 12.5. The number of fused-ring (bicyclic) bond motifs is 1. The average Bonchev–Trinajstić information content (AvgIpc) is 2.65. The summed E-state index contributed by atoms with van der Waals surface area (Å²) in [5, 5.41) is 2.87. The number of amides is 1. The highest BCUT2D eigenvalue weighted by Gasteiger charge is 2.30. The van der Waals surface area contributed by atoms with E-state index < -0.39 is 10.0 Å². The minimum absolute atomic E-state index is 0.0829. The van der Waals surface area contributed by atoms with Crippen molar-refractivity contribution in [3.63, 3.8) is 0 Å². The summed E-state index contributed by atoms with van der Waals surface area (Å²) >= 11 is 0. The minimum Gasteiger partial charge on any atom is -0.379 e. The van der Waals surface area contributed by atoms with E-state index in [1.54, 1.807) is 19.1 Å². The first-order chi connectivity index (χ1) is 13.3. The molecule has 28 heavy (non-hydrogen) atoms. The smallest absolute Gasteiger partial charge is 0.286 e. The Morgan fingerprint density at radius 1 is 1.29 bits per heavy atom. The van der Waals surface area contributed by atoms with Crippen LogP contribution in [0.3, 0.4) is 0 Å². The van der Waals surface area contributed by atoms with Crippen LogP contribution in [0.2, 0.25) is 0 Å². The van der Waals surface area contributed by atoms with Crippen LogP contribution in [0.4, 0.5) is 5.69 Å². The van der Waals surface area contributed by atoms with Gasteiger partial charge in [0.05, 0.1) is 18.9 Å². The lowest BCUT2D eigenvalue weighted by Gasteiger charge is -2.31. The summed E-state index contributed by atoms with van der Waals surface area (Å²) in [5.74, 6) is 0.499. The molecular weight excluding hydrogens is 380 g/mol. The van der Waals surface area contributed by atoms with Crippen molar-refractivity contribution >= 4 is 27.5 Å². The predicted octanol–water partition coefficient (Wildman–Crippen LogP) is 1.33. The van der Waals surface area contributed by atoms with Crippen molar-refractivity contribution < 1.29 is 17.9 Å². The molecule has 0 atom stereocenters. The molecule has 1 aromatic carbocycles. The monoisotopic (exact) mass is 408 g/mol. The van der Waals surface area contributed by atoms with Gasteiger partial charge in [0, 0.05) is 38.3 Å². The van der Waals surface area contributed by atoms with E-state index in [4.69, 9.17) is 4.74 Å². The number of sulfonamides is 1. The second-order valence-electron chi connectivity index (χ2n) is 7.51. The van der Waals surface area contributed by atoms with Crippen molar-refractivity contribution in [1.82, 2.24) is 10.2 Å². The van der Waals surface area contributed by atoms with Crippen LogP contribution in [0.25, 0.3) is 0 Å². The number of morpholine rings is 1. The third kappa shape index (κ3) is 4.71. The lowest BCUT2D eigenvalue weighted by atomic mass is 10.1. The zero-order valence-electron chi connectivity index (χ0n) is 16.6. The van der Waals surface area contributed by atoms with Crippen LogP contribution in [0.1, 0.15) is 31.1 Å². The highest BCUT2D eigenvalue weighted by molar-refractivity contribution is 7.90. The fraction of sp³-hybridized carbons (Fsp3) is 0.579. The molecule has 0 bridgehead atoms. The van der Waals surface area contributed by atoms with Gasteiger partial charge in [0.2, 0.25) is 0 Å².